The molecule has 0 aliphatic heterocycles. The van der Waals surface area contributed by atoms with E-state index in [2.05, 4.69) is 27.7 Å². The van der Waals surface area contributed by atoms with Crippen LogP contribution in [-0.2, 0) is 0 Å². The Kier molecular flexibility index (Phi) is 5.96. The van der Waals surface area contributed by atoms with E-state index in [1.807, 2.05) is 93.0 Å². The molecule has 0 aromatic heterocycles. The largest absolute Gasteiger partial charge is 0.371 e. The Morgan fingerprint density at radius 1 is 0.645 bits per heavy atom. The molecule has 4 rings (SSSR count). The van der Waals surface area contributed by atoms with Crippen molar-refractivity contribution >= 4 is 17.1 Å². The molecule has 0 saturated carbocycles. The van der Waals surface area contributed by atoms with Gasteiger partial charge in [-0.05, 0) is 37.4 Å². The average Bonchev–Trinajstić information content (AvgIpc) is 2.81. The summed E-state index contributed by atoms with van der Waals surface area (Å²) in [6.45, 7) is 0. The predicted octanol–water partition coefficient (Wildman–Crippen LogP) is 4.48. The first-order valence-electron chi connectivity index (χ1n) is 10.2. The van der Waals surface area contributed by atoms with Crippen molar-refractivity contribution in [1.82, 2.24) is 4.90 Å². The summed E-state index contributed by atoms with van der Waals surface area (Å²) in [5, 5.41) is 6.51. The van der Waals surface area contributed by atoms with Crippen molar-refractivity contribution in [1.29, 1.82) is 0 Å². The quantitative estimate of drug-likeness (QED) is 0.419. The van der Waals surface area contributed by atoms with Gasteiger partial charge in [-0.2, -0.15) is 0 Å². The lowest BCUT2D eigenvalue weighted by molar-refractivity contribution is 0.269. The third-order valence-electron chi connectivity index (χ3n) is 5.43. The first-order valence-corrected chi connectivity index (χ1v) is 10.2. The Bertz CT molecular complexity index is 1200. The minimum Gasteiger partial charge on any atom is -0.371 e. The fourth-order valence-electron chi connectivity index (χ4n) is 3.91. The lowest BCUT2D eigenvalue weighted by Crippen LogP contribution is -2.39. The number of hydrogen-bond donors (Lipinski definition) is 2. The topological polar surface area (TPSA) is 61.4 Å². The van der Waals surface area contributed by atoms with Gasteiger partial charge in [0.2, 0.25) is 0 Å². The smallest absolute Gasteiger partial charge is 0.253 e. The van der Waals surface area contributed by atoms with Crippen molar-refractivity contribution in [2.45, 2.75) is 12.1 Å². The van der Waals surface area contributed by atoms with Gasteiger partial charge in [0.1, 0.15) is 11.4 Å². The van der Waals surface area contributed by atoms with Gasteiger partial charge in [0.05, 0.1) is 12.1 Å². The highest BCUT2D eigenvalue weighted by Gasteiger charge is 2.31. The van der Waals surface area contributed by atoms with E-state index in [1.165, 1.54) is 0 Å². The van der Waals surface area contributed by atoms with Crippen molar-refractivity contribution in [2.75, 3.05) is 24.7 Å². The molecular formula is C26H25N3O2. The molecule has 2 atom stereocenters. The zero-order chi connectivity index (χ0) is 21.8. The van der Waals surface area contributed by atoms with Crippen LogP contribution in [0, 0.1) is 0 Å². The molecule has 4 aromatic carbocycles. The van der Waals surface area contributed by atoms with Crippen LogP contribution >= 0.6 is 0 Å². The van der Waals surface area contributed by atoms with Gasteiger partial charge in [0.25, 0.3) is 10.9 Å². The minimum atomic E-state index is -0.501. The maximum absolute atomic E-state index is 12.5. The van der Waals surface area contributed by atoms with Crippen molar-refractivity contribution in [2.24, 2.45) is 0 Å². The van der Waals surface area contributed by atoms with Gasteiger partial charge in [-0.25, -0.2) is 0 Å². The van der Waals surface area contributed by atoms with Crippen LogP contribution in [0.25, 0.3) is 0 Å². The summed E-state index contributed by atoms with van der Waals surface area (Å²) in [6, 6.07) is 29.2. The van der Waals surface area contributed by atoms with Crippen LogP contribution in [0.2, 0.25) is 0 Å². The lowest BCUT2D eigenvalue weighted by atomic mass is 9.91. The second kappa shape index (κ2) is 8.98. The number of nitrogens with zero attached hydrogens (tertiary/aromatic N) is 1. The van der Waals surface area contributed by atoms with Crippen LogP contribution in [0.5, 0.6) is 0 Å². The van der Waals surface area contributed by atoms with E-state index in [9.17, 15) is 9.59 Å². The highest BCUT2D eigenvalue weighted by Crippen LogP contribution is 2.36. The number of anilines is 3. The summed E-state index contributed by atoms with van der Waals surface area (Å²) < 4.78 is 0. The van der Waals surface area contributed by atoms with E-state index in [-0.39, 0.29) is 12.1 Å². The van der Waals surface area contributed by atoms with E-state index in [0.717, 1.165) is 16.8 Å². The third-order valence-corrected chi connectivity index (χ3v) is 5.43. The summed E-state index contributed by atoms with van der Waals surface area (Å²) in [6.07, 6.45) is 0. The maximum Gasteiger partial charge on any atom is 0.253 e. The molecule has 2 N–H and O–H groups in total. The molecule has 0 fully saturated rings. The average molecular weight is 412 g/mol. The molecule has 0 unspecified atom stereocenters. The van der Waals surface area contributed by atoms with Crippen molar-refractivity contribution in [3.05, 3.63) is 123 Å². The van der Waals surface area contributed by atoms with Crippen LogP contribution in [0.4, 0.5) is 17.1 Å². The summed E-state index contributed by atoms with van der Waals surface area (Å²) >= 11 is 0. The summed E-state index contributed by atoms with van der Waals surface area (Å²) in [4.78, 5) is 27.0. The van der Waals surface area contributed by atoms with Crippen LogP contribution in [0.15, 0.2) is 101 Å². The molecule has 0 spiro atoms. The summed E-state index contributed by atoms with van der Waals surface area (Å²) in [5.41, 5.74) is 2.55. The zero-order valence-electron chi connectivity index (χ0n) is 17.6. The van der Waals surface area contributed by atoms with Crippen molar-refractivity contribution < 1.29 is 0 Å². The molecule has 31 heavy (non-hydrogen) atoms. The van der Waals surface area contributed by atoms with E-state index in [4.69, 9.17) is 0 Å². The normalized spacial score (nSPS) is 13.1. The van der Waals surface area contributed by atoms with Crippen LogP contribution < -0.4 is 21.5 Å². The van der Waals surface area contributed by atoms with Gasteiger partial charge in [-0.15, -0.1) is 0 Å². The maximum atomic E-state index is 12.5. The van der Waals surface area contributed by atoms with E-state index >= 15 is 0 Å². The third kappa shape index (κ3) is 4.27. The Hall–Kier alpha value is -3.70. The SMILES string of the molecule is CN(C)[C@H](c1ccccc1)[C@H](Nc1c(Nc2ccccc2)c(=O)c1=O)c1ccccc1. The second-order valence-corrected chi connectivity index (χ2v) is 7.75. The van der Waals surface area contributed by atoms with Gasteiger partial charge < -0.3 is 15.5 Å². The predicted molar refractivity (Wildman–Crippen MR) is 127 cm³/mol. The first-order chi connectivity index (χ1) is 15.1. The van der Waals surface area contributed by atoms with E-state index in [1.54, 1.807) is 0 Å². The number of para-hydroxylation sites is 1. The Morgan fingerprint density at radius 2 is 1.13 bits per heavy atom. The minimum absolute atomic E-state index is 0.0578. The van der Waals surface area contributed by atoms with Crippen molar-refractivity contribution in [3.8, 4) is 0 Å². The molecule has 5 nitrogen and oxygen atoms in total. The number of likely N-dealkylation sites (N-methyl/N-ethyl adjacent to an activating group) is 1. The van der Waals surface area contributed by atoms with Gasteiger partial charge in [0, 0.05) is 5.69 Å². The van der Waals surface area contributed by atoms with Gasteiger partial charge in [-0.3, -0.25) is 9.59 Å². The molecule has 0 heterocycles. The molecule has 0 aliphatic rings. The fourth-order valence-corrected chi connectivity index (χ4v) is 3.91. The van der Waals surface area contributed by atoms with Gasteiger partial charge >= 0.3 is 0 Å². The Morgan fingerprint density at radius 3 is 1.68 bits per heavy atom. The lowest BCUT2D eigenvalue weighted by Gasteiger charge is -2.35. The zero-order valence-corrected chi connectivity index (χ0v) is 17.6. The standard InChI is InChI=1S/C26H25N3O2/c1-29(2)24(19-14-8-4-9-15-19)21(18-12-6-3-7-13-18)28-23-22(25(30)26(23)31)27-20-16-10-5-11-17-20/h3-17,21,24,27-28H,1-2H3/t21-,24-/m1/s1. The Labute approximate surface area is 181 Å². The molecule has 4 aromatic rings. The van der Waals surface area contributed by atoms with Crippen LogP contribution in [0.1, 0.15) is 23.2 Å². The number of rotatable bonds is 8. The summed E-state index contributed by atoms with van der Waals surface area (Å²) in [7, 11) is 4.03. The molecule has 0 saturated heterocycles. The number of hydrogen-bond acceptors (Lipinski definition) is 5. The molecule has 0 radical (unpaired) electrons. The first kappa shape index (κ1) is 20.6. The summed E-state index contributed by atoms with van der Waals surface area (Å²) in [5.74, 6) is 0. The molecule has 156 valence electrons. The van der Waals surface area contributed by atoms with E-state index < -0.39 is 10.9 Å². The van der Waals surface area contributed by atoms with Crippen molar-refractivity contribution in [3.63, 3.8) is 0 Å². The molecule has 0 bridgehead atoms. The highest BCUT2D eigenvalue weighted by molar-refractivity contribution is 5.79. The van der Waals surface area contributed by atoms with E-state index in [0.29, 0.717) is 11.4 Å². The highest BCUT2D eigenvalue weighted by atomic mass is 16.2. The fraction of sp³-hybridized carbons (Fsp3) is 0.154. The van der Waals surface area contributed by atoms with Crippen LogP contribution in [-0.4, -0.2) is 19.0 Å². The monoisotopic (exact) mass is 411 g/mol. The number of benzene rings is 3. The Balaban J connectivity index is 1.74. The van der Waals surface area contributed by atoms with Crippen LogP contribution in [0.3, 0.4) is 0 Å². The molecule has 0 amide bonds. The molecule has 5 heteroatoms. The number of nitrogens with one attached hydrogen (secondary N) is 2. The molecule has 0 aliphatic carbocycles. The second-order valence-electron chi connectivity index (χ2n) is 7.75. The van der Waals surface area contributed by atoms with Gasteiger partial charge in [0.15, 0.2) is 0 Å². The van der Waals surface area contributed by atoms with Gasteiger partial charge in [-0.1, -0.05) is 78.9 Å². The molecular weight excluding hydrogens is 386 g/mol.